The molecule has 0 fully saturated rings. The SMILES string of the molecule is CCOCCn1c(=O)c2c(nc3n(CCc4ccccc4)c(C)cn23)n(C)c1=O. The van der Waals surface area contributed by atoms with Crippen LogP contribution in [0, 0.1) is 6.92 Å². The number of benzene rings is 1. The highest BCUT2D eigenvalue weighted by Crippen LogP contribution is 2.17. The summed E-state index contributed by atoms with van der Waals surface area (Å²) in [6.07, 6.45) is 2.77. The molecule has 0 aliphatic carbocycles. The van der Waals surface area contributed by atoms with E-state index in [1.54, 1.807) is 11.4 Å². The molecule has 3 aromatic heterocycles. The Balaban J connectivity index is 1.82. The van der Waals surface area contributed by atoms with E-state index >= 15 is 0 Å². The minimum Gasteiger partial charge on any atom is -0.380 e. The molecule has 0 radical (unpaired) electrons. The lowest BCUT2D eigenvalue weighted by atomic mass is 10.1. The lowest BCUT2D eigenvalue weighted by Crippen LogP contribution is -2.40. The molecule has 152 valence electrons. The van der Waals surface area contributed by atoms with Crippen LogP contribution >= 0.6 is 0 Å². The smallest absolute Gasteiger partial charge is 0.332 e. The number of rotatable bonds is 7. The van der Waals surface area contributed by atoms with Crippen LogP contribution in [0.15, 0.2) is 46.1 Å². The van der Waals surface area contributed by atoms with E-state index in [2.05, 4.69) is 21.7 Å². The van der Waals surface area contributed by atoms with Gasteiger partial charge in [0.1, 0.15) is 0 Å². The van der Waals surface area contributed by atoms with Gasteiger partial charge >= 0.3 is 5.69 Å². The van der Waals surface area contributed by atoms with Gasteiger partial charge < -0.3 is 9.30 Å². The van der Waals surface area contributed by atoms with Gasteiger partial charge in [-0.25, -0.2) is 4.79 Å². The minimum atomic E-state index is -0.379. The standard InChI is InChI=1S/C21H25N5O3/c1-4-29-13-12-25-19(27)17-18(23(3)21(25)28)22-20-24(15(2)14-26(17)20)11-10-16-8-6-5-7-9-16/h5-9,14H,4,10-13H2,1-3H3. The van der Waals surface area contributed by atoms with Crippen LogP contribution < -0.4 is 11.2 Å². The van der Waals surface area contributed by atoms with Crippen molar-refractivity contribution in [1.82, 2.24) is 23.1 Å². The van der Waals surface area contributed by atoms with Crippen LogP contribution in [-0.2, 0) is 31.3 Å². The number of aryl methyl sites for hydroxylation is 4. The van der Waals surface area contributed by atoms with E-state index in [-0.39, 0.29) is 17.8 Å². The van der Waals surface area contributed by atoms with E-state index < -0.39 is 0 Å². The Hall–Kier alpha value is -3.13. The summed E-state index contributed by atoms with van der Waals surface area (Å²) in [5.74, 6) is 0.670. The first-order valence-electron chi connectivity index (χ1n) is 9.82. The van der Waals surface area contributed by atoms with E-state index in [4.69, 9.17) is 4.74 Å². The molecule has 8 nitrogen and oxygen atoms in total. The molecule has 4 rings (SSSR count). The van der Waals surface area contributed by atoms with Gasteiger partial charge in [-0.2, -0.15) is 4.98 Å². The van der Waals surface area contributed by atoms with Crippen molar-refractivity contribution in [3.8, 4) is 0 Å². The van der Waals surface area contributed by atoms with Crippen LogP contribution in [0.5, 0.6) is 0 Å². The number of fused-ring (bicyclic) bond motifs is 3. The van der Waals surface area contributed by atoms with Crippen molar-refractivity contribution in [1.29, 1.82) is 0 Å². The summed E-state index contributed by atoms with van der Waals surface area (Å²) in [4.78, 5) is 30.4. The third kappa shape index (κ3) is 3.29. The van der Waals surface area contributed by atoms with Crippen molar-refractivity contribution in [3.63, 3.8) is 0 Å². The number of hydrogen-bond donors (Lipinski definition) is 0. The number of hydrogen-bond acceptors (Lipinski definition) is 4. The molecule has 29 heavy (non-hydrogen) atoms. The summed E-state index contributed by atoms with van der Waals surface area (Å²) in [6, 6.07) is 10.2. The van der Waals surface area contributed by atoms with E-state index in [9.17, 15) is 9.59 Å². The zero-order valence-electron chi connectivity index (χ0n) is 17.0. The molecular weight excluding hydrogens is 370 g/mol. The topological polar surface area (TPSA) is 75.5 Å². The van der Waals surface area contributed by atoms with Crippen molar-refractivity contribution in [3.05, 3.63) is 68.6 Å². The second-order valence-corrected chi connectivity index (χ2v) is 7.11. The molecule has 0 spiro atoms. The number of nitrogens with zero attached hydrogens (tertiary/aromatic N) is 5. The monoisotopic (exact) mass is 395 g/mol. The average molecular weight is 395 g/mol. The summed E-state index contributed by atoms with van der Waals surface area (Å²) >= 11 is 0. The van der Waals surface area contributed by atoms with Crippen molar-refractivity contribution >= 4 is 16.9 Å². The first kappa shape index (κ1) is 19.2. The summed E-state index contributed by atoms with van der Waals surface area (Å²) in [5.41, 5.74) is 2.35. The summed E-state index contributed by atoms with van der Waals surface area (Å²) in [7, 11) is 1.65. The highest BCUT2D eigenvalue weighted by atomic mass is 16.5. The number of imidazole rings is 2. The third-order valence-corrected chi connectivity index (χ3v) is 5.27. The Labute approximate surface area is 167 Å². The Morgan fingerprint density at radius 3 is 2.55 bits per heavy atom. The molecule has 0 aliphatic rings. The van der Waals surface area contributed by atoms with Crippen molar-refractivity contribution in [2.45, 2.75) is 33.4 Å². The molecule has 0 atom stereocenters. The molecule has 0 aliphatic heterocycles. The van der Waals surface area contributed by atoms with Crippen molar-refractivity contribution in [2.24, 2.45) is 7.05 Å². The van der Waals surface area contributed by atoms with Gasteiger partial charge in [-0.3, -0.25) is 18.3 Å². The van der Waals surface area contributed by atoms with Crippen LogP contribution in [0.4, 0.5) is 0 Å². The van der Waals surface area contributed by atoms with Gasteiger partial charge in [-0.05, 0) is 25.8 Å². The van der Waals surface area contributed by atoms with E-state index in [0.29, 0.717) is 30.2 Å². The Morgan fingerprint density at radius 1 is 1.07 bits per heavy atom. The molecule has 0 saturated heterocycles. The van der Waals surface area contributed by atoms with E-state index in [1.807, 2.05) is 38.2 Å². The van der Waals surface area contributed by atoms with Gasteiger partial charge in [-0.1, -0.05) is 30.3 Å². The quantitative estimate of drug-likeness (QED) is 0.447. The summed E-state index contributed by atoms with van der Waals surface area (Å²) < 4.78 is 11.9. The predicted octanol–water partition coefficient (Wildman–Crippen LogP) is 1.74. The summed E-state index contributed by atoms with van der Waals surface area (Å²) in [6.45, 7) is 5.69. The van der Waals surface area contributed by atoms with Crippen LogP contribution in [0.3, 0.4) is 0 Å². The minimum absolute atomic E-state index is 0.218. The lowest BCUT2D eigenvalue weighted by Gasteiger charge is -2.08. The molecule has 0 unspecified atom stereocenters. The molecular formula is C21H25N5O3. The number of ether oxygens (including phenoxy) is 1. The molecule has 4 aromatic rings. The highest BCUT2D eigenvalue weighted by Gasteiger charge is 2.20. The third-order valence-electron chi connectivity index (χ3n) is 5.27. The molecule has 0 N–H and O–H groups in total. The van der Waals surface area contributed by atoms with Crippen molar-refractivity contribution in [2.75, 3.05) is 13.2 Å². The normalized spacial score (nSPS) is 11.7. The Kier molecular flexibility index (Phi) is 5.10. The largest absolute Gasteiger partial charge is 0.380 e. The zero-order valence-corrected chi connectivity index (χ0v) is 17.0. The van der Waals surface area contributed by atoms with Crippen LogP contribution in [0.2, 0.25) is 0 Å². The maximum absolute atomic E-state index is 13.1. The van der Waals surface area contributed by atoms with Gasteiger partial charge in [0.15, 0.2) is 11.2 Å². The second kappa shape index (κ2) is 7.71. The van der Waals surface area contributed by atoms with Gasteiger partial charge in [0.05, 0.1) is 13.2 Å². The average Bonchev–Trinajstić information content (AvgIpc) is 3.23. The first-order chi connectivity index (χ1) is 14.0. The maximum Gasteiger partial charge on any atom is 0.332 e. The fourth-order valence-corrected chi connectivity index (χ4v) is 3.71. The highest BCUT2D eigenvalue weighted by molar-refractivity contribution is 5.75. The van der Waals surface area contributed by atoms with Crippen LogP contribution in [0.1, 0.15) is 18.2 Å². The van der Waals surface area contributed by atoms with Crippen molar-refractivity contribution < 1.29 is 4.74 Å². The molecule has 1 aromatic carbocycles. The predicted molar refractivity (Wildman–Crippen MR) is 112 cm³/mol. The fourth-order valence-electron chi connectivity index (χ4n) is 3.71. The molecule has 8 heteroatoms. The number of aromatic nitrogens is 5. The zero-order chi connectivity index (χ0) is 20.5. The van der Waals surface area contributed by atoms with Gasteiger partial charge in [-0.15, -0.1) is 0 Å². The first-order valence-corrected chi connectivity index (χ1v) is 9.82. The van der Waals surface area contributed by atoms with E-state index in [0.717, 1.165) is 18.7 Å². The Bertz CT molecular complexity index is 1280. The molecule has 3 heterocycles. The van der Waals surface area contributed by atoms with Gasteiger partial charge in [0.25, 0.3) is 5.56 Å². The van der Waals surface area contributed by atoms with Crippen LogP contribution in [-0.4, -0.2) is 36.3 Å². The fraction of sp³-hybridized carbons (Fsp3) is 0.381. The maximum atomic E-state index is 13.1. The lowest BCUT2D eigenvalue weighted by molar-refractivity contribution is 0.137. The second-order valence-electron chi connectivity index (χ2n) is 7.11. The van der Waals surface area contributed by atoms with Crippen LogP contribution in [0.25, 0.3) is 16.9 Å². The molecule has 0 bridgehead atoms. The summed E-state index contributed by atoms with van der Waals surface area (Å²) in [5, 5.41) is 0. The van der Waals surface area contributed by atoms with E-state index in [1.165, 1.54) is 14.7 Å². The van der Waals surface area contributed by atoms with Gasteiger partial charge in [0.2, 0.25) is 5.78 Å². The molecule has 0 amide bonds. The molecule has 0 saturated carbocycles. The van der Waals surface area contributed by atoms with Gasteiger partial charge in [0, 0.05) is 32.1 Å². The Morgan fingerprint density at radius 2 is 1.83 bits per heavy atom.